The van der Waals surface area contributed by atoms with E-state index >= 15 is 0 Å². The molecule has 2 aliphatic rings. The molecule has 0 radical (unpaired) electrons. The number of benzene rings is 2. The number of nitriles is 1. The van der Waals surface area contributed by atoms with Gasteiger partial charge in [-0.1, -0.05) is 0 Å². The van der Waals surface area contributed by atoms with Crippen molar-refractivity contribution in [2.24, 2.45) is 0 Å². The minimum absolute atomic E-state index is 0.0534. The van der Waals surface area contributed by atoms with Crippen molar-refractivity contribution in [3.05, 3.63) is 65.9 Å². The van der Waals surface area contributed by atoms with Crippen molar-refractivity contribution in [3.8, 4) is 17.6 Å². The molecule has 3 aromatic rings. The number of aromatic nitrogens is 1. The van der Waals surface area contributed by atoms with E-state index in [0.29, 0.717) is 41.9 Å². The lowest BCUT2D eigenvalue weighted by Gasteiger charge is -2.34. The summed E-state index contributed by atoms with van der Waals surface area (Å²) in [5, 5.41) is 21.5. The van der Waals surface area contributed by atoms with Crippen LogP contribution in [0.1, 0.15) is 33.6 Å². The quantitative estimate of drug-likeness (QED) is 0.355. The van der Waals surface area contributed by atoms with Gasteiger partial charge in [0.1, 0.15) is 17.5 Å². The summed E-state index contributed by atoms with van der Waals surface area (Å²) in [5.41, 5.74) is 1.34. The number of pyridine rings is 1. The van der Waals surface area contributed by atoms with Gasteiger partial charge in [-0.2, -0.15) is 5.26 Å². The van der Waals surface area contributed by atoms with E-state index in [0.717, 1.165) is 31.0 Å². The number of nitrogens with one attached hydrogen (secondary N) is 1. The molecule has 3 amide bonds. The molecule has 3 heterocycles. The summed E-state index contributed by atoms with van der Waals surface area (Å²) in [4.78, 5) is 47.3. The highest BCUT2D eigenvalue weighted by atomic mass is 19.3. The maximum absolute atomic E-state index is 13.7. The molecule has 2 aliphatic heterocycles. The van der Waals surface area contributed by atoms with Gasteiger partial charge in [-0.15, -0.1) is 0 Å². The molecule has 5 rings (SSSR count). The molecule has 0 spiro atoms. The number of phenols is 1. The van der Waals surface area contributed by atoms with Crippen LogP contribution in [0.25, 0.3) is 10.9 Å². The van der Waals surface area contributed by atoms with Crippen molar-refractivity contribution in [3.63, 3.8) is 0 Å². The number of phenolic OH excluding ortho intramolecular Hbond substituents is 1. The van der Waals surface area contributed by atoms with Crippen molar-refractivity contribution < 1.29 is 33.0 Å². The topological polar surface area (TPSA) is 139 Å². The Bertz CT molecular complexity index is 1570. The van der Waals surface area contributed by atoms with Crippen LogP contribution in [0.15, 0.2) is 54.7 Å². The van der Waals surface area contributed by atoms with Gasteiger partial charge < -0.3 is 25.0 Å². The number of carbonyl (C=O) groups excluding carboxylic acids is 3. The van der Waals surface area contributed by atoms with E-state index in [1.54, 1.807) is 41.3 Å². The van der Waals surface area contributed by atoms with Gasteiger partial charge in [-0.25, -0.2) is 8.78 Å². The van der Waals surface area contributed by atoms with E-state index in [1.165, 1.54) is 24.4 Å². The summed E-state index contributed by atoms with van der Waals surface area (Å²) < 4.78 is 33.4. The van der Waals surface area contributed by atoms with E-state index in [2.05, 4.69) is 15.2 Å². The largest absolute Gasteiger partial charge is 0.508 e. The van der Waals surface area contributed by atoms with Crippen LogP contribution in [0.3, 0.4) is 0 Å². The van der Waals surface area contributed by atoms with Crippen LogP contribution in [-0.4, -0.2) is 107 Å². The molecule has 2 fully saturated rings. The van der Waals surface area contributed by atoms with Crippen molar-refractivity contribution in [2.75, 3.05) is 52.4 Å². The summed E-state index contributed by atoms with van der Waals surface area (Å²) >= 11 is 0. The van der Waals surface area contributed by atoms with Gasteiger partial charge in [0.15, 0.2) is 0 Å². The Morgan fingerprint density at radius 3 is 2.57 bits per heavy atom. The molecule has 0 bridgehead atoms. The Morgan fingerprint density at radius 1 is 1.09 bits per heavy atom. The van der Waals surface area contributed by atoms with E-state index in [9.17, 15) is 28.3 Å². The van der Waals surface area contributed by atoms with Gasteiger partial charge in [0.2, 0.25) is 5.91 Å². The highest BCUT2D eigenvalue weighted by Gasteiger charge is 2.47. The number of hydrogen-bond acceptors (Lipinski definition) is 8. The number of nitrogens with zero attached hydrogens (tertiary/aromatic N) is 5. The first kappa shape index (κ1) is 30.6. The second-order valence-electron chi connectivity index (χ2n) is 10.8. The summed E-state index contributed by atoms with van der Waals surface area (Å²) in [6.07, 6.45) is 1.48. The lowest BCUT2D eigenvalue weighted by molar-refractivity contribution is -0.131. The fourth-order valence-corrected chi connectivity index (χ4v) is 5.40. The number of piperazine rings is 1. The molecule has 230 valence electrons. The van der Waals surface area contributed by atoms with Crippen molar-refractivity contribution in [1.29, 1.82) is 5.26 Å². The fraction of sp³-hybridized carbons (Fsp3) is 0.387. The molecule has 0 saturated carbocycles. The lowest BCUT2D eigenvalue weighted by atomic mass is 10.1. The third-order valence-corrected chi connectivity index (χ3v) is 7.76. The van der Waals surface area contributed by atoms with E-state index < -0.39 is 43.3 Å². The number of alkyl halides is 2. The van der Waals surface area contributed by atoms with Crippen LogP contribution in [0.4, 0.5) is 8.78 Å². The Morgan fingerprint density at radius 2 is 1.84 bits per heavy atom. The molecule has 1 aromatic heterocycles. The van der Waals surface area contributed by atoms with Crippen molar-refractivity contribution in [1.82, 2.24) is 25.0 Å². The Hall–Kier alpha value is -4.83. The van der Waals surface area contributed by atoms with Gasteiger partial charge >= 0.3 is 0 Å². The maximum Gasteiger partial charge on any atom is 0.268 e. The average molecular weight is 607 g/mol. The molecule has 1 atom stereocenters. The predicted octanol–water partition coefficient (Wildman–Crippen LogP) is 2.66. The maximum atomic E-state index is 13.7. The smallest absolute Gasteiger partial charge is 0.268 e. The first-order valence-corrected chi connectivity index (χ1v) is 14.3. The number of fused-ring (bicyclic) bond motifs is 1. The molecular formula is C31H32F2N6O5. The summed E-state index contributed by atoms with van der Waals surface area (Å²) in [5.74, 6) is -3.86. The molecule has 2 saturated heterocycles. The third kappa shape index (κ3) is 7.20. The van der Waals surface area contributed by atoms with Crippen LogP contribution in [-0.2, 0) is 4.79 Å². The zero-order valence-corrected chi connectivity index (χ0v) is 23.9. The Balaban J connectivity index is 1.10. The fourth-order valence-electron chi connectivity index (χ4n) is 5.40. The molecule has 0 aliphatic carbocycles. The van der Waals surface area contributed by atoms with E-state index in [-0.39, 0.29) is 17.2 Å². The van der Waals surface area contributed by atoms with E-state index in [4.69, 9.17) is 10.00 Å². The normalized spacial score (nSPS) is 18.2. The van der Waals surface area contributed by atoms with Crippen molar-refractivity contribution >= 4 is 28.6 Å². The lowest BCUT2D eigenvalue weighted by Crippen LogP contribution is -2.49. The Kier molecular flexibility index (Phi) is 9.20. The summed E-state index contributed by atoms with van der Waals surface area (Å²) in [6.45, 7) is 2.54. The van der Waals surface area contributed by atoms with Gasteiger partial charge in [0.25, 0.3) is 17.7 Å². The average Bonchev–Trinajstić information content (AvgIpc) is 3.36. The summed E-state index contributed by atoms with van der Waals surface area (Å²) in [6, 6.07) is 13.4. The number of likely N-dealkylation sites (tertiary alicyclic amines) is 1. The van der Waals surface area contributed by atoms with Gasteiger partial charge in [0, 0.05) is 56.3 Å². The second kappa shape index (κ2) is 13.2. The zero-order chi connectivity index (χ0) is 31.3. The van der Waals surface area contributed by atoms with Gasteiger partial charge in [-0.3, -0.25) is 24.3 Å². The minimum atomic E-state index is -3.14. The first-order chi connectivity index (χ1) is 21.1. The Labute approximate surface area is 252 Å². The second-order valence-corrected chi connectivity index (χ2v) is 10.8. The molecule has 13 heteroatoms. The molecule has 2 aromatic carbocycles. The highest BCUT2D eigenvalue weighted by molar-refractivity contribution is 6.07. The standard InChI is InChI=1S/C31H32F2N6O5/c32-31(33)17-22(18-34)39(20-31)28(41)19-36-29(42)25-8-9-35-27-7-6-24(16-26(25)27)44-15-1-10-37-11-13-38(14-12-37)30(43)21-2-4-23(40)5-3-21/h2-9,16,22,40H,1,10-15,17,19-20H2,(H,36,42)/t22-/m0/s1. The number of hydrogen-bond donors (Lipinski definition) is 2. The van der Waals surface area contributed by atoms with Crippen LogP contribution in [0.5, 0.6) is 11.5 Å². The van der Waals surface area contributed by atoms with Gasteiger partial charge in [-0.05, 0) is 55.0 Å². The zero-order valence-electron chi connectivity index (χ0n) is 23.9. The monoisotopic (exact) mass is 606 g/mol. The number of rotatable bonds is 9. The minimum Gasteiger partial charge on any atom is -0.508 e. The van der Waals surface area contributed by atoms with Crippen molar-refractivity contribution in [2.45, 2.75) is 24.8 Å². The van der Waals surface area contributed by atoms with Crippen LogP contribution in [0.2, 0.25) is 0 Å². The predicted molar refractivity (Wildman–Crippen MR) is 155 cm³/mol. The number of ether oxygens (including phenoxy) is 1. The third-order valence-electron chi connectivity index (χ3n) is 7.76. The number of carbonyl (C=O) groups is 3. The van der Waals surface area contributed by atoms with Crippen LogP contribution in [0, 0.1) is 11.3 Å². The van der Waals surface area contributed by atoms with Crippen LogP contribution >= 0.6 is 0 Å². The molecule has 0 unspecified atom stereocenters. The first-order valence-electron chi connectivity index (χ1n) is 14.3. The highest BCUT2D eigenvalue weighted by Crippen LogP contribution is 2.31. The summed E-state index contributed by atoms with van der Waals surface area (Å²) in [7, 11) is 0. The molecular weight excluding hydrogens is 574 g/mol. The molecule has 44 heavy (non-hydrogen) atoms. The number of aromatic hydroxyl groups is 1. The number of amides is 3. The van der Waals surface area contributed by atoms with Gasteiger partial charge in [0.05, 0.1) is 36.8 Å². The SMILES string of the molecule is N#C[C@@H]1CC(F)(F)CN1C(=O)CNC(=O)c1ccnc2ccc(OCCCN3CCN(C(=O)c4ccc(O)cc4)CC3)cc12. The molecule has 2 N–H and O–H groups in total. The van der Waals surface area contributed by atoms with E-state index in [1.807, 2.05) is 0 Å². The molecule has 11 nitrogen and oxygen atoms in total. The van der Waals surface area contributed by atoms with Crippen LogP contribution < -0.4 is 10.1 Å². The number of halogens is 2.